The van der Waals surface area contributed by atoms with Gasteiger partial charge in [-0.1, -0.05) is 78.9 Å². The third-order valence-electron chi connectivity index (χ3n) is 6.92. The summed E-state index contributed by atoms with van der Waals surface area (Å²) in [4.78, 5) is 0. The van der Waals surface area contributed by atoms with Crippen LogP contribution >= 0.6 is 22.6 Å². The van der Waals surface area contributed by atoms with Crippen molar-refractivity contribution in [2.24, 2.45) is 0 Å². The first-order valence-corrected chi connectivity index (χ1v) is 11.4. The van der Waals surface area contributed by atoms with E-state index < -0.39 is 0 Å². The van der Waals surface area contributed by atoms with Crippen molar-refractivity contribution in [1.82, 2.24) is 0 Å². The van der Waals surface area contributed by atoms with E-state index in [9.17, 15) is 0 Å². The minimum absolute atomic E-state index is 0.244. The van der Waals surface area contributed by atoms with Gasteiger partial charge in [-0.3, -0.25) is 0 Å². The van der Waals surface area contributed by atoms with Crippen LogP contribution in [0.5, 0.6) is 0 Å². The predicted molar refractivity (Wildman–Crippen MR) is 133 cm³/mol. The Hall–Kier alpha value is -2.91. The summed E-state index contributed by atoms with van der Waals surface area (Å²) in [7, 11) is 0. The molecule has 140 valence electrons. The third kappa shape index (κ3) is 1.92. The van der Waals surface area contributed by atoms with Crippen molar-refractivity contribution in [3.05, 3.63) is 129 Å². The molecular formula is C29H17I. The van der Waals surface area contributed by atoms with Crippen molar-refractivity contribution in [1.29, 1.82) is 0 Å². The van der Waals surface area contributed by atoms with Crippen LogP contribution in [0.2, 0.25) is 0 Å². The van der Waals surface area contributed by atoms with E-state index in [-0.39, 0.29) is 5.41 Å². The maximum atomic E-state index is 2.44. The molecule has 5 aromatic rings. The molecule has 1 unspecified atom stereocenters. The molecule has 0 amide bonds. The number of fused-ring (bicyclic) bond motifs is 11. The van der Waals surface area contributed by atoms with Crippen LogP contribution in [0.1, 0.15) is 22.3 Å². The van der Waals surface area contributed by atoms with Crippen LogP contribution in [0.3, 0.4) is 0 Å². The second-order valence-corrected chi connectivity index (χ2v) is 9.52. The normalized spacial score (nSPS) is 17.6. The molecule has 0 saturated heterocycles. The highest BCUT2D eigenvalue weighted by Gasteiger charge is 2.51. The van der Waals surface area contributed by atoms with Crippen molar-refractivity contribution in [3.63, 3.8) is 0 Å². The van der Waals surface area contributed by atoms with Gasteiger partial charge >= 0.3 is 0 Å². The number of benzene rings is 5. The van der Waals surface area contributed by atoms with Gasteiger partial charge < -0.3 is 0 Å². The molecular weight excluding hydrogens is 475 g/mol. The van der Waals surface area contributed by atoms with E-state index in [0.717, 1.165) is 0 Å². The van der Waals surface area contributed by atoms with Crippen LogP contribution in [0.15, 0.2) is 103 Å². The maximum absolute atomic E-state index is 2.44. The molecule has 0 radical (unpaired) electrons. The molecule has 0 N–H and O–H groups in total. The molecule has 0 nitrogen and oxygen atoms in total. The first-order chi connectivity index (χ1) is 14.8. The summed E-state index contributed by atoms with van der Waals surface area (Å²) < 4.78 is 1.28. The second-order valence-electron chi connectivity index (χ2n) is 8.28. The van der Waals surface area contributed by atoms with Crippen molar-refractivity contribution in [2.45, 2.75) is 5.41 Å². The van der Waals surface area contributed by atoms with Gasteiger partial charge in [0.1, 0.15) is 0 Å². The summed E-state index contributed by atoms with van der Waals surface area (Å²) >= 11 is 2.44. The molecule has 1 atom stereocenters. The van der Waals surface area contributed by atoms with E-state index in [1.807, 2.05) is 0 Å². The first-order valence-electron chi connectivity index (χ1n) is 10.3. The fraction of sp³-hybridized carbons (Fsp3) is 0.0345. The number of rotatable bonds is 0. The monoisotopic (exact) mass is 492 g/mol. The molecule has 2 aliphatic rings. The van der Waals surface area contributed by atoms with Gasteiger partial charge in [0.2, 0.25) is 0 Å². The van der Waals surface area contributed by atoms with E-state index >= 15 is 0 Å². The van der Waals surface area contributed by atoms with E-state index in [1.54, 1.807) is 0 Å². The standard InChI is InChI=1S/C29H17I/c30-20-13-14-27-24(17-20)22-10-4-6-12-26(22)29(27)25-11-5-3-9-21(25)23-15-18-7-1-2-8-19(18)16-28(23)29/h1-17H. The van der Waals surface area contributed by atoms with Gasteiger partial charge in [-0.25, -0.2) is 0 Å². The number of hydrogen-bond donors (Lipinski definition) is 0. The summed E-state index contributed by atoms with van der Waals surface area (Å²) in [6, 6.07) is 38.5. The molecule has 0 aliphatic heterocycles. The topological polar surface area (TPSA) is 0 Å². The van der Waals surface area contributed by atoms with Gasteiger partial charge in [-0.2, -0.15) is 0 Å². The van der Waals surface area contributed by atoms with Gasteiger partial charge in [0.25, 0.3) is 0 Å². The van der Waals surface area contributed by atoms with Crippen molar-refractivity contribution in [2.75, 3.05) is 0 Å². The zero-order valence-corrected chi connectivity index (χ0v) is 18.4. The Labute approximate surface area is 189 Å². The molecule has 0 aromatic heterocycles. The van der Waals surface area contributed by atoms with E-state index in [1.165, 1.54) is 58.9 Å². The van der Waals surface area contributed by atoms with Crippen LogP contribution in [0.4, 0.5) is 0 Å². The molecule has 0 saturated carbocycles. The third-order valence-corrected chi connectivity index (χ3v) is 7.59. The lowest BCUT2D eigenvalue weighted by atomic mass is 9.70. The molecule has 1 heteroatoms. The molecule has 0 bridgehead atoms. The van der Waals surface area contributed by atoms with Crippen LogP contribution in [0, 0.1) is 3.57 Å². The number of halogens is 1. The summed E-state index contributed by atoms with van der Waals surface area (Å²) in [6.45, 7) is 0. The number of hydrogen-bond acceptors (Lipinski definition) is 0. The molecule has 7 rings (SSSR count). The minimum atomic E-state index is -0.244. The van der Waals surface area contributed by atoms with Crippen LogP contribution in [-0.4, -0.2) is 0 Å². The van der Waals surface area contributed by atoms with Crippen molar-refractivity contribution in [3.8, 4) is 22.3 Å². The van der Waals surface area contributed by atoms with Gasteiger partial charge in [0.05, 0.1) is 5.41 Å². The van der Waals surface area contributed by atoms with Gasteiger partial charge in [0.15, 0.2) is 0 Å². The molecule has 0 fully saturated rings. The highest BCUT2D eigenvalue weighted by atomic mass is 127. The van der Waals surface area contributed by atoms with Gasteiger partial charge in [0, 0.05) is 3.57 Å². The molecule has 1 spiro atoms. The van der Waals surface area contributed by atoms with Crippen LogP contribution in [-0.2, 0) is 5.41 Å². The molecule has 0 heterocycles. The largest absolute Gasteiger partial charge is 0.0725 e. The Balaban J connectivity index is 1.73. The summed E-state index contributed by atoms with van der Waals surface area (Å²) in [5.74, 6) is 0. The minimum Gasteiger partial charge on any atom is -0.0619 e. The smallest absolute Gasteiger partial charge is 0.0619 e. The summed E-state index contributed by atoms with van der Waals surface area (Å²) in [5.41, 5.74) is 10.8. The average Bonchev–Trinajstić information content (AvgIpc) is 3.24. The van der Waals surface area contributed by atoms with Gasteiger partial charge in [-0.15, -0.1) is 0 Å². The molecule has 2 aliphatic carbocycles. The lowest BCUT2D eigenvalue weighted by Gasteiger charge is -2.30. The Bertz CT molecular complexity index is 1510. The lowest BCUT2D eigenvalue weighted by Crippen LogP contribution is -2.25. The Kier molecular flexibility index (Phi) is 3.27. The fourth-order valence-corrected chi connectivity index (χ4v) is 6.29. The van der Waals surface area contributed by atoms with Crippen LogP contribution < -0.4 is 0 Å². The lowest BCUT2D eigenvalue weighted by molar-refractivity contribution is 0.795. The average molecular weight is 492 g/mol. The maximum Gasteiger partial charge on any atom is 0.0725 e. The summed E-state index contributed by atoms with van der Waals surface area (Å²) in [5, 5.41) is 2.61. The Morgan fingerprint density at radius 1 is 0.433 bits per heavy atom. The second kappa shape index (κ2) is 5.83. The zero-order valence-electron chi connectivity index (χ0n) is 16.2. The van der Waals surface area contributed by atoms with E-state index in [4.69, 9.17) is 0 Å². The first kappa shape index (κ1) is 16.8. The SMILES string of the molecule is Ic1ccc2c(c1)-c1ccccc1C21c2ccccc2-c2cc3ccccc3cc21. The molecule has 30 heavy (non-hydrogen) atoms. The summed E-state index contributed by atoms with van der Waals surface area (Å²) in [6.07, 6.45) is 0. The Morgan fingerprint density at radius 2 is 0.967 bits per heavy atom. The van der Waals surface area contributed by atoms with Gasteiger partial charge in [-0.05, 0) is 102 Å². The quantitative estimate of drug-likeness (QED) is 0.190. The Morgan fingerprint density at radius 3 is 1.67 bits per heavy atom. The van der Waals surface area contributed by atoms with E-state index in [2.05, 4.69) is 126 Å². The zero-order chi connectivity index (χ0) is 19.9. The van der Waals surface area contributed by atoms with Crippen LogP contribution in [0.25, 0.3) is 33.0 Å². The highest BCUT2D eigenvalue weighted by Crippen LogP contribution is 2.63. The molecule has 5 aromatic carbocycles. The predicted octanol–water partition coefficient (Wildman–Crippen LogP) is 7.79. The fourth-order valence-electron chi connectivity index (χ4n) is 5.80. The van der Waals surface area contributed by atoms with Crippen molar-refractivity contribution < 1.29 is 0 Å². The van der Waals surface area contributed by atoms with Crippen molar-refractivity contribution >= 4 is 33.4 Å². The van der Waals surface area contributed by atoms with E-state index in [0.29, 0.717) is 0 Å². The highest BCUT2D eigenvalue weighted by molar-refractivity contribution is 14.1.